The Balaban J connectivity index is -0.00000000286. The SMILES string of the molecule is N.O.O.O.O.O.O.O=S(=O)(O)O.[CaH2]. The van der Waals surface area contributed by atoms with Gasteiger partial charge in [0.05, 0.1) is 0 Å². The molecular weight excluding hydrogens is 246 g/mol. The molecule has 92 valence electrons. The van der Waals surface area contributed by atoms with E-state index in [0.717, 1.165) is 0 Å². The molecule has 13 heteroatoms. The fourth-order valence-electron chi connectivity index (χ4n) is 0. The van der Waals surface area contributed by atoms with Crippen molar-refractivity contribution in [2.45, 2.75) is 0 Å². The maximum atomic E-state index is 8.74. The molecule has 0 aromatic heterocycles. The van der Waals surface area contributed by atoms with Gasteiger partial charge in [-0.05, 0) is 0 Å². The van der Waals surface area contributed by atoms with Gasteiger partial charge < -0.3 is 39.0 Å². The van der Waals surface area contributed by atoms with Gasteiger partial charge in [0.1, 0.15) is 0 Å². The first-order chi connectivity index (χ1) is 2.00. The zero-order valence-corrected chi connectivity index (χ0v) is 6.64. The summed E-state index contributed by atoms with van der Waals surface area (Å²) in [6.07, 6.45) is 0. The maximum absolute atomic E-state index is 8.74. The summed E-state index contributed by atoms with van der Waals surface area (Å²) < 4.78 is 31.6. The molecule has 0 spiro atoms. The average Bonchev–Trinajstić information content (AvgIpc) is 0.722. The normalized spacial score (nSPS) is 4.46. The molecule has 0 fully saturated rings. The molecule has 0 unspecified atom stereocenters. The molecule has 0 rings (SSSR count). The Morgan fingerprint density at radius 3 is 0.692 bits per heavy atom. The predicted molar refractivity (Wildman–Crippen MR) is 49.4 cm³/mol. The van der Waals surface area contributed by atoms with Crippen LogP contribution >= 0.6 is 0 Å². The van der Waals surface area contributed by atoms with Gasteiger partial charge in [0.25, 0.3) is 0 Å². The van der Waals surface area contributed by atoms with Crippen LogP contribution in [0.15, 0.2) is 0 Å². The van der Waals surface area contributed by atoms with Crippen molar-refractivity contribution < 1.29 is 50.4 Å². The fraction of sp³-hybridized carbons (Fsp3) is 0. The van der Waals surface area contributed by atoms with E-state index in [2.05, 4.69) is 0 Å². The topological polar surface area (TPSA) is 299 Å². The average molecular weight is 265 g/mol. The molecular formula is H19CaNO10S. The van der Waals surface area contributed by atoms with E-state index in [1.54, 1.807) is 0 Å². The Morgan fingerprint density at radius 1 is 0.692 bits per heavy atom. The standard InChI is InChI=1S/Ca.H3N.H2O4S.6H2O.2H/c;;1-5(2,3)4;;;;;;;;/h;1H3;(H2,1,2,3,4);6*1H2;;. The third kappa shape index (κ3) is 2090. The molecule has 0 aliphatic rings. The number of rotatable bonds is 0. The zero-order valence-electron chi connectivity index (χ0n) is 5.83. The summed E-state index contributed by atoms with van der Waals surface area (Å²) in [4.78, 5) is 0. The van der Waals surface area contributed by atoms with Crippen molar-refractivity contribution >= 4 is 48.1 Å². The van der Waals surface area contributed by atoms with Crippen LogP contribution in [0, 0.1) is 0 Å². The molecule has 0 amide bonds. The molecule has 0 saturated heterocycles. The molecule has 0 heterocycles. The second-order valence-corrected chi connectivity index (χ2v) is 1.34. The minimum absolute atomic E-state index is 0. The van der Waals surface area contributed by atoms with Crippen LogP contribution in [-0.2, 0) is 10.4 Å². The Labute approximate surface area is 104 Å². The van der Waals surface area contributed by atoms with E-state index in [1.807, 2.05) is 0 Å². The van der Waals surface area contributed by atoms with Gasteiger partial charge in [0.15, 0.2) is 0 Å². The van der Waals surface area contributed by atoms with E-state index in [-0.39, 0.29) is 76.7 Å². The van der Waals surface area contributed by atoms with E-state index in [1.165, 1.54) is 0 Å². The van der Waals surface area contributed by atoms with Gasteiger partial charge in [0, 0.05) is 0 Å². The van der Waals surface area contributed by atoms with Crippen LogP contribution in [0.2, 0.25) is 0 Å². The van der Waals surface area contributed by atoms with E-state index < -0.39 is 10.4 Å². The Morgan fingerprint density at radius 2 is 0.692 bits per heavy atom. The van der Waals surface area contributed by atoms with Crippen LogP contribution in [0.4, 0.5) is 0 Å². The Hall–Kier alpha value is 0.850. The van der Waals surface area contributed by atoms with Gasteiger partial charge in [-0.15, -0.1) is 0 Å². The van der Waals surface area contributed by atoms with Crippen LogP contribution in [0.25, 0.3) is 0 Å². The summed E-state index contributed by atoms with van der Waals surface area (Å²) in [6.45, 7) is 0. The third-order valence-corrected chi connectivity index (χ3v) is 0. The van der Waals surface area contributed by atoms with Crippen LogP contribution in [-0.4, -0.2) is 88.1 Å². The Bertz CT molecular complexity index is 98.1. The van der Waals surface area contributed by atoms with Gasteiger partial charge in [-0.3, -0.25) is 9.11 Å². The van der Waals surface area contributed by atoms with E-state index in [9.17, 15) is 0 Å². The summed E-state index contributed by atoms with van der Waals surface area (Å²) in [6, 6.07) is 0. The van der Waals surface area contributed by atoms with E-state index in [4.69, 9.17) is 17.5 Å². The zero-order chi connectivity index (χ0) is 4.50. The summed E-state index contributed by atoms with van der Waals surface area (Å²) in [7, 11) is -4.67. The molecule has 0 bridgehead atoms. The molecule has 0 saturated carbocycles. The van der Waals surface area contributed by atoms with Crippen molar-refractivity contribution in [3.05, 3.63) is 0 Å². The van der Waals surface area contributed by atoms with Gasteiger partial charge >= 0.3 is 48.1 Å². The third-order valence-electron chi connectivity index (χ3n) is 0. The summed E-state index contributed by atoms with van der Waals surface area (Å²) in [5, 5.41) is 0. The van der Waals surface area contributed by atoms with Crippen LogP contribution in [0.1, 0.15) is 0 Å². The van der Waals surface area contributed by atoms with Gasteiger partial charge in [-0.2, -0.15) is 8.42 Å². The van der Waals surface area contributed by atoms with Gasteiger partial charge in [-0.25, -0.2) is 0 Å². The first kappa shape index (κ1) is 97.2. The molecule has 0 aromatic carbocycles. The van der Waals surface area contributed by atoms with Crippen molar-refractivity contribution in [2.24, 2.45) is 0 Å². The molecule has 0 aliphatic heterocycles. The van der Waals surface area contributed by atoms with E-state index >= 15 is 0 Å². The molecule has 17 N–H and O–H groups in total. The van der Waals surface area contributed by atoms with Crippen molar-refractivity contribution in [1.29, 1.82) is 0 Å². The number of hydrogen-bond donors (Lipinski definition) is 3. The fourth-order valence-corrected chi connectivity index (χ4v) is 0. The van der Waals surface area contributed by atoms with Crippen molar-refractivity contribution in [2.75, 3.05) is 0 Å². The van der Waals surface area contributed by atoms with Crippen molar-refractivity contribution in [3.8, 4) is 0 Å². The summed E-state index contributed by atoms with van der Waals surface area (Å²) in [5.41, 5.74) is 0. The first-order valence-electron chi connectivity index (χ1n) is 0.698. The van der Waals surface area contributed by atoms with Crippen LogP contribution in [0.5, 0.6) is 0 Å². The van der Waals surface area contributed by atoms with Gasteiger partial charge in [-0.1, -0.05) is 0 Å². The van der Waals surface area contributed by atoms with Crippen LogP contribution in [0.3, 0.4) is 0 Å². The van der Waals surface area contributed by atoms with Crippen LogP contribution < -0.4 is 6.15 Å². The quantitative estimate of drug-likeness (QED) is 0.283. The molecule has 0 radical (unpaired) electrons. The monoisotopic (exact) mass is 265 g/mol. The van der Waals surface area contributed by atoms with Crippen molar-refractivity contribution in [1.82, 2.24) is 6.15 Å². The second kappa shape index (κ2) is 38.5. The predicted octanol–water partition coefficient (Wildman–Crippen LogP) is -6.36. The second-order valence-electron chi connectivity index (χ2n) is 0.448. The first-order valence-corrected chi connectivity index (χ1v) is 2.10. The van der Waals surface area contributed by atoms with Gasteiger partial charge in [0.2, 0.25) is 0 Å². The Kier molecular flexibility index (Phi) is 288. The van der Waals surface area contributed by atoms with Crippen molar-refractivity contribution in [3.63, 3.8) is 0 Å². The molecule has 11 nitrogen and oxygen atoms in total. The molecule has 13 heavy (non-hydrogen) atoms. The summed E-state index contributed by atoms with van der Waals surface area (Å²) >= 11 is 0. The minimum atomic E-state index is -4.67. The molecule has 0 atom stereocenters. The summed E-state index contributed by atoms with van der Waals surface area (Å²) in [5.74, 6) is 0. The molecule has 0 aromatic rings. The number of hydrogen-bond acceptors (Lipinski definition) is 3. The molecule has 0 aliphatic carbocycles. The van der Waals surface area contributed by atoms with E-state index in [0.29, 0.717) is 0 Å².